The molecule has 1 N–H and O–H groups in total. The van der Waals surface area contributed by atoms with Crippen LogP contribution in [0.5, 0.6) is 0 Å². The molecule has 1 rings (SSSR count). The number of rotatable bonds is 9. The average molecular weight is 475 g/mol. The summed E-state index contributed by atoms with van der Waals surface area (Å²) >= 11 is 0. The van der Waals surface area contributed by atoms with Crippen molar-refractivity contribution in [3.05, 3.63) is 0 Å². The van der Waals surface area contributed by atoms with Crippen LogP contribution in [0.1, 0.15) is 6.42 Å². The van der Waals surface area contributed by atoms with Gasteiger partial charge in [-0.2, -0.15) is 17.5 Å². The summed E-state index contributed by atoms with van der Waals surface area (Å²) in [6.07, 6.45) is -0.604. The van der Waals surface area contributed by atoms with Crippen molar-refractivity contribution in [1.82, 2.24) is 13.3 Å². The number of carbonyl (C=O) groups is 1. The summed E-state index contributed by atoms with van der Waals surface area (Å²) in [7, 11) is -13.7. The highest BCUT2D eigenvalue weighted by molar-refractivity contribution is 8.05. The normalized spacial score (nSPS) is 18.1. The van der Waals surface area contributed by atoms with Gasteiger partial charge in [-0.25, -0.2) is 25.3 Å². The van der Waals surface area contributed by atoms with Crippen molar-refractivity contribution in [3.8, 4) is 0 Å². The van der Waals surface area contributed by atoms with Gasteiger partial charge in [-0.05, 0) is 6.42 Å². The highest BCUT2D eigenvalue weighted by Crippen LogP contribution is 2.22. The molecule has 0 aromatic rings. The Morgan fingerprint density at radius 3 is 2.00 bits per heavy atom. The van der Waals surface area contributed by atoms with Crippen LogP contribution in [0, 0.1) is 0 Å². The largest absolute Gasteiger partial charge is 0.512 e. The Bertz CT molecular complexity index is 862. The van der Waals surface area contributed by atoms with E-state index < -0.39 is 59.5 Å². The number of hydrogen-bond acceptors (Lipinski definition) is 9. The molecule has 0 bridgehead atoms. The predicted octanol–water partition coefficient (Wildman–Crippen LogP) is -1.73. The lowest BCUT2D eigenvalue weighted by Gasteiger charge is -2.33. The number of nitrogens with zero attached hydrogens (tertiary/aromatic N) is 2. The minimum atomic E-state index is -6.10. The first-order valence-electron chi connectivity index (χ1n) is 7.69. The molecule has 0 unspecified atom stereocenters. The van der Waals surface area contributed by atoms with Gasteiger partial charge in [0.25, 0.3) is 0 Å². The van der Waals surface area contributed by atoms with E-state index in [2.05, 4.69) is 4.74 Å². The second-order valence-electron chi connectivity index (χ2n) is 5.77. The third-order valence-electron chi connectivity index (χ3n) is 3.66. The van der Waals surface area contributed by atoms with E-state index in [0.717, 1.165) is 4.31 Å². The molecule has 1 heterocycles. The molecular formula is C11H20F3N3O8S3. The van der Waals surface area contributed by atoms with Gasteiger partial charge < -0.3 is 4.74 Å². The summed E-state index contributed by atoms with van der Waals surface area (Å²) in [4.78, 5) is 12.8. The molecule has 0 saturated carbocycles. The number of alkyl halides is 3. The molecule has 11 nitrogen and oxygen atoms in total. The SMILES string of the molecule is COC(=O)CN1CCN(S(=O)(=O)CCCS(=O)(=O)NS(=O)(=O)C(F)(F)F)CC1. The highest BCUT2D eigenvalue weighted by atomic mass is 32.3. The Kier molecular flexibility index (Phi) is 8.23. The van der Waals surface area contributed by atoms with Gasteiger partial charge in [-0.15, -0.1) is 4.13 Å². The van der Waals surface area contributed by atoms with E-state index in [1.54, 1.807) is 4.90 Å². The first-order valence-corrected chi connectivity index (χ1v) is 12.4. The number of methoxy groups -OCH3 is 1. The van der Waals surface area contributed by atoms with E-state index in [4.69, 9.17) is 0 Å². The molecule has 17 heteroatoms. The number of halogens is 3. The van der Waals surface area contributed by atoms with E-state index in [9.17, 15) is 43.2 Å². The van der Waals surface area contributed by atoms with E-state index in [1.807, 2.05) is 0 Å². The van der Waals surface area contributed by atoms with Crippen LogP contribution in [-0.4, -0.2) is 97.3 Å². The monoisotopic (exact) mass is 475 g/mol. The first-order chi connectivity index (χ1) is 12.6. The van der Waals surface area contributed by atoms with Gasteiger partial charge in [-0.3, -0.25) is 9.69 Å². The molecule has 0 aromatic carbocycles. The van der Waals surface area contributed by atoms with E-state index in [1.165, 1.54) is 7.11 Å². The van der Waals surface area contributed by atoms with Crippen LogP contribution < -0.4 is 4.13 Å². The summed E-state index contributed by atoms with van der Waals surface area (Å²) in [5.41, 5.74) is -5.81. The second kappa shape index (κ2) is 9.21. The van der Waals surface area contributed by atoms with Crippen molar-refractivity contribution >= 4 is 36.0 Å². The quantitative estimate of drug-likeness (QED) is 0.384. The van der Waals surface area contributed by atoms with Gasteiger partial charge in [0.2, 0.25) is 20.0 Å². The van der Waals surface area contributed by atoms with Gasteiger partial charge >= 0.3 is 21.5 Å². The van der Waals surface area contributed by atoms with Crippen LogP contribution in [0.15, 0.2) is 0 Å². The van der Waals surface area contributed by atoms with Crippen molar-refractivity contribution in [1.29, 1.82) is 0 Å². The minimum Gasteiger partial charge on any atom is -0.468 e. The fraction of sp³-hybridized carbons (Fsp3) is 0.909. The zero-order valence-electron chi connectivity index (χ0n) is 14.7. The molecule has 0 aliphatic carbocycles. The summed E-state index contributed by atoms with van der Waals surface area (Å²) < 4.78 is 112. The molecule has 1 saturated heterocycles. The maximum Gasteiger partial charge on any atom is 0.512 e. The third-order valence-corrected chi connectivity index (χ3v) is 8.95. The highest BCUT2D eigenvalue weighted by Gasteiger charge is 2.48. The first kappa shape index (κ1) is 25.0. The van der Waals surface area contributed by atoms with Crippen LogP contribution in [0.3, 0.4) is 0 Å². The predicted molar refractivity (Wildman–Crippen MR) is 90.3 cm³/mol. The lowest BCUT2D eigenvalue weighted by molar-refractivity contribution is -0.142. The Labute approximate surface area is 161 Å². The fourth-order valence-corrected chi connectivity index (χ4v) is 6.47. The number of hydrogen-bond donors (Lipinski definition) is 1. The number of nitrogens with one attached hydrogen (secondary N) is 1. The molecule has 0 atom stereocenters. The van der Waals surface area contributed by atoms with Crippen LogP contribution in [0.25, 0.3) is 0 Å². The summed E-state index contributed by atoms with van der Waals surface area (Å²) in [6.45, 7) is 0.525. The van der Waals surface area contributed by atoms with Gasteiger partial charge in [0.15, 0.2) is 0 Å². The maximum atomic E-state index is 12.2. The molecule has 0 radical (unpaired) electrons. The standard InChI is InChI=1S/C11H20F3N3O8S3/c1-25-10(18)9-16-3-5-17(6-4-16)27(21,22)8-2-7-26(19,20)15-28(23,24)11(12,13)14/h15H,2-9H2,1H3. The molecule has 1 aliphatic rings. The molecule has 1 aliphatic heterocycles. The van der Waals surface area contributed by atoms with Crippen LogP contribution in [-0.2, 0) is 39.6 Å². The smallest absolute Gasteiger partial charge is 0.468 e. The Morgan fingerprint density at radius 2 is 1.54 bits per heavy atom. The van der Waals surface area contributed by atoms with Crippen molar-refractivity contribution in [2.75, 3.05) is 51.3 Å². The summed E-state index contributed by atoms with van der Waals surface area (Å²) in [5.74, 6) is -2.30. The van der Waals surface area contributed by atoms with Crippen molar-refractivity contribution in [3.63, 3.8) is 0 Å². The number of sulfonamides is 3. The number of ether oxygens (including phenoxy) is 1. The van der Waals surface area contributed by atoms with Crippen LogP contribution in [0.4, 0.5) is 13.2 Å². The molecule has 0 amide bonds. The second-order valence-corrected chi connectivity index (χ2v) is 11.6. The van der Waals surface area contributed by atoms with Gasteiger partial charge in [-0.1, -0.05) is 0 Å². The van der Waals surface area contributed by atoms with Crippen LogP contribution in [0.2, 0.25) is 0 Å². The van der Waals surface area contributed by atoms with Crippen molar-refractivity contribution in [2.45, 2.75) is 11.9 Å². The third kappa shape index (κ3) is 7.43. The average Bonchev–Trinajstić information content (AvgIpc) is 2.52. The number of esters is 1. The molecule has 166 valence electrons. The maximum absolute atomic E-state index is 12.2. The van der Waals surface area contributed by atoms with Gasteiger partial charge in [0.05, 0.1) is 25.2 Å². The van der Waals surface area contributed by atoms with Gasteiger partial charge in [0, 0.05) is 26.2 Å². The summed E-state index contributed by atoms with van der Waals surface area (Å²) in [6, 6.07) is 0. The van der Waals surface area contributed by atoms with Crippen LogP contribution >= 0.6 is 0 Å². The molecule has 1 fully saturated rings. The Morgan fingerprint density at radius 1 is 1.00 bits per heavy atom. The van der Waals surface area contributed by atoms with Crippen molar-refractivity contribution in [2.24, 2.45) is 0 Å². The minimum absolute atomic E-state index is 0.0119. The number of piperazine rings is 1. The molecular weight excluding hydrogens is 455 g/mol. The van der Waals surface area contributed by atoms with E-state index in [-0.39, 0.29) is 32.7 Å². The van der Waals surface area contributed by atoms with Crippen molar-refractivity contribution < 1.29 is 48.0 Å². The molecule has 28 heavy (non-hydrogen) atoms. The zero-order valence-corrected chi connectivity index (χ0v) is 17.1. The Hall–Kier alpha value is -1.01. The number of carbonyl (C=O) groups excluding carboxylic acids is 1. The Balaban J connectivity index is 2.55. The lowest BCUT2D eigenvalue weighted by Crippen LogP contribution is -2.50. The summed E-state index contributed by atoms with van der Waals surface area (Å²) in [5, 5.41) is 0. The molecule has 0 spiro atoms. The topological polar surface area (TPSA) is 147 Å². The lowest BCUT2D eigenvalue weighted by atomic mass is 10.3. The zero-order chi connectivity index (χ0) is 21.8. The van der Waals surface area contributed by atoms with Gasteiger partial charge in [0.1, 0.15) is 0 Å². The van der Waals surface area contributed by atoms with E-state index >= 15 is 0 Å². The van der Waals surface area contributed by atoms with E-state index in [0.29, 0.717) is 4.13 Å². The fourth-order valence-electron chi connectivity index (χ4n) is 2.23. The molecule has 0 aromatic heterocycles.